The predicted octanol–water partition coefficient (Wildman–Crippen LogP) is 4.14. The van der Waals surface area contributed by atoms with Gasteiger partial charge in [0.1, 0.15) is 5.75 Å². The number of rotatable bonds is 2. The SMILES string of the molecule is CS(=O)(=O)N1CCC2(CC1)Oc1ccccc1C1CC(c3ccc4ccccc4c3)=NN12. The van der Waals surface area contributed by atoms with E-state index in [9.17, 15) is 8.42 Å². The summed E-state index contributed by atoms with van der Waals surface area (Å²) in [5.74, 6) is 0.886. The van der Waals surface area contributed by atoms with Gasteiger partial charge in [-0.05, 0) is 28.5 Å². The molecule has 3 aliphatic heterocycles. The normalized spacial score (nSPS) is 22.3. The molecule has 3 heterocycles. The van der Waals surface area contributed by atoms with Gasteiger partial charge in [-0.1, -0.05) is 54.6 Å². The summed E-state index contributed by atoms with van der Waals surface area (Å²) in [6, 6.07) is 23.1. The summed E-state index contributed by atoms with van der Waals surface area (Å²) in [6.07, 6.45) is 3.24. The number of hydrazone groups is 1. The first-order chi connectivity index (χ1) is 15.4. The lowest BCUT2D eigenvalue weighted by Crippen LogP contribution is -2.59. The molecular weight excluding hydrogens is 422 g/mol. The fourth-order valence-corrected chi connectivity index (χ4v) is 6.12. The Hall–Kier alpha value is -2.90. The summed E-state index contributed by atoms with van der Waals surface area (Å²) in [5.41, 5.74) is 2.69. The molecule has 0 radical (unpaired) electrons. The van der Waals surface area contributed by atoms with Gasteiger partial charge in [0.25, 0.3) is 0 Å². The van der Waals surface area contributed by atoms with Gasteiger partial charge in [-0.3, -0.25) is 0 Å². The van der Waals surface area contributed by atoms with E-state index >= 15 is 0 Å². The van der Waals surface area contributed by atoms with Crippen LogP contribution in [0.15, 0.2) is 71.8 Å². The molecule has 7 heteroatoms. The molecule has 32 heavy (non-hydrogen) atoms. The summed E-state index contributed by atoms with van der Waals surface area (Å²) < 4.78 is 32.3. The topological polar surface area (TPSA) is 62.2 Å². The first-order valence-corrected chi connectivity index (χ1v) is 12.9. The third kappa shape index (κ3) is 3.11. The molecular formula is C25H25N3O3S. The lowest BCUT2D eigenvalue weighted by atomic mass is 9.91. The number of fused-ring (bicyclic) bond motifs is 5. The number of piperidine rings is 1. The van der Waals surface area contributed by atoms with Gasteiger partial charge in [0.15, 0.2) is 0 Å². The molecule has 1 atom stereocenters. The zero-order valence-corrected chi connectivity index (χ0v) is 18.8. The van der Waals surface area contributed by atoms with E-state index in [0.29, 0.717) is 25.9 Å². The van der Waals surface area contributed by atoms with Crippen LogP contribution in [0.25, 0.3) is 10.8 Å². The van der Waals surface area contributed by atoms with Gasteiger partial charge in [-0.2, -0.15) is 5.10 Å². The minimum absolute atomic E-state index is 0.0891. The number of benzene rings is 3. The van der Waals surface area contributed by atoms with Gasteiger partial charge in [-0.25, -0.2) is 17.7 Å². The van der Waals surface area contributed by atoms with E-state index in [2.05, 4.69) is 53.5 Å². The molecule has 0 saturated carbocycles. The standard InChI is InChI=1S/C25H25N3O3S/c1-32(29,30)27-14-12-25(13-15-27)28-23(21-8-4-5-9-24(21)31-25)17-22(26-28)20-11-10-18-6-2-3-7-19(18)16-20/h2-11,16,23H,12-15,17H2,1H3. The Bertz CT molecular complexity index is 1340. The molecule has 1 unspecified atom stereocenters. The molecule has 6 rings (SSSR count). The van der Waals surface area contributed by atoms with Crippen molar-refractivity contribution in [2.75, 3.05) is 19.3 Å². The van der Waals surface area contributed by atoms with Crippen LogP contribution in [0.4, 0.5) is 0 Å². The van der Waals surface area contributed by atoms with E-state index in [-0.39, 0.29) is 6.04 Å². The third-order valence-corrected chi connectivity index (χ3v) is 8.26. The molecule has 0 aromatic heterocycles. The second kappa shape index (κ2) is 7.05. The first-order valence-electron chi connectivity index (χ1n) is 11.0. The molecule has 0 N–H and O–H groups in total. The Balaban J connectivity index is 1.40. The Kier molecular flexibility index (Phi) is 4.35. The van der Waals surface area contributed by atoms with Crippen molar-refractivity contribution >= 4 is 26.5 Å². The minimum atomic E-state index is -3.21. The van der Waals surface area contributed by atoms with Gasteiger partial charge >= 0.3 is 0 Å². The van der Waals surface area contributed by atoms with Crippen LogP contribution in [0.2, 0.25) is 0 Å². The molecule has 164 valence electrons. The molecule has 0 amide bonds. The maximum absolute atomic E-state index is 12.1. The van der Waals surface area contributed by atoms with Gasteiger partial charge in [0.2, 0.25) is 15.7 Å². The number of nitrogens with zero attached hydrogens (tertiary/aromatic N) is 3. The summed E-state index contributed by atoms with van der Waals surface area (Å²) in [6.45, 7) is 0.871. The largest absolute Gasteiger partial charge is 0.466 e. The third-order valence-electron chi connectivity index (χ3n) is 6.96. The van der Waals surface area contributed by atoms with Crippen molar-refractivity contribution in [3.05, 3.63) is 77.9 Å². The zero-order chi connectivity index (χ0) is 21.9. The Labute approximate surface area is 188 Å². The second-order valence-electron chi connectivity index (χ2n) is 8.92. The quantitative estimate of drug-likeness (QED) is 0.593. The lowest BCUT2D eigenvalue weighted by molar-refractivity contribution is -0.143. The van der Waals surface area contributed by atoms with E-state index in [1.54, 1.807) is 4.31 Å². The molecule has 1 fully saturated rings. The highest BCUT2D eigenvalue weighted by molar-refractivity contribution is 7.88. The number of hydrogen-bond donors (Lipinski definition) is 0. The molecule has 1 saturated heterocycles. The van der Waals surface area contributed by atoms with Gasteiger partial charge in [0.05, 0.1) is 18.0 Å². The van der Waals surface area contributed by atoms with Crippen LogP contribution >= 0.6 is 0 Å². The highest BCUT2D eigenvalue weighted by Crippen LogP contribution is 2.50. The number of hydrogen-bond acceptors (Lipinski definition) is 5. The van der Waals surface area contributed by atoms with E-state index in [1.165, 1.54) is 17.0 Å². The van der Waals surface area contributed by atoms with Crippen molar-refractivity contribution in [1.82, 2.24) is 9.31 Å². The van der Waals surface area contributed by atoms with Crippen LogP contribution in [0.3, 0.4) is 0 Å². The minimum Gasteiger partial charge on any atom is -0.466 e. The highest BCUT2D eigenvalue weighted by atomic mass is 32.2. The molecule has 0 bridgehead atoms. The number of para-hydroxylation sites is 1. The second-order valence-corrected chi connectivity index (χ2v) is 10.9. The fraction of sp³-hybridized carbons (Fsp3) is 0.320. The van der Waals surface area contributed by atoms with Gasteiger partial charge in [0, 0.05) is 37.9 Å². The average Bonchev–Trinajstić information content (AvgIpc) is 3.26. The van der Waals surface area contributed by atoms with Crippen molar-refractivity contribution in [2.45, 2.75) is 31.0 Å². The molecule has 3 aromatic carbocycles. The highest BCUT2D eigenvalue weighted by Gasteiger charge is 2.52. The first kappa shape index (κ1) is 19.8. The molecule has 3 aromatic rings. The van der Waals surface area contributed by atoms with Crippen molar-refractivity contribution in [3.63, 3.8) is 0 Å². The van der Waals surface area contributed by atoms with Crippen molar-refractivity contribution < 1.29 is 13.2 Å². The lowest BCUT2D eigenvalue weighted by Gasteiger charge is -2.50. The molecule has 6 nitrogen and oxygen atoms in total. The predicted molar refractivity (Wildman–Crippen MR) is 125 cm³/mol. The van der Waals surface area contributed by atoms with Crippen molar-refractivity contribution in [1.29, 1.82) is 0 Å². The Morgan fingerprint density at radius 3 is 2.47 bits per heavy atom. The van der Waals surface area contributed by atoms with Gasteiger partial charge in [-0.15, -0.1) is 0 Å². The zero-order valence-electron chi connectivity index (χ0n) is 17.9. The summed E-state index contributed by atoms with van der Waals surface area (Å²) >= 11 is 0. The van der Waals surface area contributed by atoms with Gasteiger partial charge < -0.3 is 4.74 Å². The van der Waals surface area contributed by atoms with E-state index < -0.39 is 15.7 Å². The van der Waals surface area contributed by atoms with Crippen LogP contribution in [0.5, 0.6) is 5.75 Å². The van der Waals surface area contributed by atoms with E-state index in [4.69, 9.17) is 9.84 Å². The summed E-state index contributed by atoms with van der Waals surface area (Å²) in [4.78, 5) is 0. The van der Waals surface area contributed by atoms with E-state index in [0.717, 1.165) is 29.0 Å². The van der Waals surface area contributed by atoms with Crippen molar-refractivity contribution in [3.8, 4) is 5.75 Å². The average molecular weight is 448 g/mol. The Morgan fingerprint density at radius 1 is 0.969 bits per heavy atom. The fourth-order valence-electron chi connectivity index (χ4n) is 5.27. The van der Waals surface area contributed by atoms with Crippen LogP contribution in [-0.4, -0.2) is 48.5 Å². The number of sulfonamides is 1. The maximum atomic E-state index is 12.1. The van der Waals surface area contributed by atoms with Crippen LogP contribution < -0.4 is 4.74 Å². The van der Waals surface area contributed by atoms with Crippen LogP contribution in [0.1, 0.15) is 36.4 Å². The van der Waals surface area contributed by atoms with Crippen LogP contribution in [-0.2, 0) is 10.0 Å². The van der Waals surface area contributed by atoms with E-state index in [1.807, 2.05) is 18.2 Å². The molecule has 3 aliphatic rings. The smallest absolute Gasteiger partial charge is 0.211 e. The summed E-state index contributed by atoms with van der Waals surface area (Å²) in [5, 5.41) is 9.64. The summed E-state index contributed by atoms with van der Waals surface area (Å²) in [7, 11) is -3.21. The van der Waals surface area contributed by atoms with Crippen LogP contribution in [0, 0.1) is 0 Å². The molecule has 0 aliphatic carbocycles. The Morgan fingerprint density at radius 2 is 1.69 bits per heavy atom. The number of ether oxygens (including phenoxy) is 1. The molecule has 1 spiro atoms. The van der Waals surface area contributed by atoms with Crippen molar-refractivity contribution in [2.24, 2.45) is 5.10 Å². The maximum Gasteiger partial charge on any atom is 0.211 e. The monoisotopic (exact) mass is 447 g/mol.